The molecule has 0 rings (SSSR count). The van der Waals surface area contributed by atoms with E-state index in [9.17, 15) is 4.79 Å². The van der Waals surface area contributed by atoms with Crippen LogP contribution in [0.2, 0.25) is 0 Å². The van der Waals surface area contributed by atoms with Crippen LogP contribution in [0, 0.1) is 0 Å². The van der Waals surface area contributed by atoms with E-state index >= 15 is 0 Å². The molecule has 0 aromatic heterocycles. The van der Waals surface area contributed by atoms with E-state index in [0.717, 1.165) is 0 Å². The molecule has 0 aliphatic rings. The van der Waals surface area contributed by atoms with Crippen LogP contribution in [0.3, 0.4) is 0 Å². The first-order valence-corrected chi connectivity index (χ1v) is 7.23. The molecular formula is C13H26N2O5S. The van der Waals surface area contributed by atoms with Gasteiger partial charge in [0.25, 0.3) is 0 Å². The zero-order valence-corrected chi connectivity index (χ0v) is 13.7. The molecule has 0 aromatic carbocycles. The zero-order valence-electron chi connectivity index (χ0n) is 12.8. The third kappa shape index (κ3) is 13.9. The largest absolute Gasteiger partial charge is 0.393 e. The van der Waals surface area contributed by atoms with Crippen molar-refractivity contribution in [1.29, 1.82) is 0 Å². The van der Waals surface area contributed by atoms with Crippen molar-refractivity contribution in [2.75, 3.05) is 67.0 Å². The Morgan fingerprint density at radius 1 is 1.05 bits per heavy atom. The van der Waals surface area contributed by atoms with Crippen LogP contribution in [-0.4, -0.2) is 82.7 Å². The lowest BCUT2D eigenvalue weighted by Crippen LogP contribution is -2.33. The molecular weight excluding hydrogens is 296 g/mol. The van der Waals surface area contributed by atoms with Gasteiger partial charge in [0, 0.05) is 27.1 Å². The predicted octanol–water partition coefficient (Wildman–Crippen LogP) is -0.183. The van der Waals surface area contributed by atoms with Gasteiger partial charge in [-0.3, -0.25) is 4.79 Å². The van der Waals surface area contributed by atoms with Crippen molar-refractivity contribution >= 4 is 23.1 Å². The summed E-state index contributed by atoms with van der Waals surface area (Å²) in [6, 6.07) is 0. The minimum absolute atomic E-state index is 0.0293. The maximum Gasteiger partial charge on any atom is 0.248 e. The second-order valence-electron chi connectivity index (χ2n) is 4.30. The molecule has 0 heterocycles. The molecule has 1 amide bonds. The molecule has 0 unspecified atom stereocenters. The number of likely N-dealkylation sites (N-methyl/N-ethyl adjacent to an activating group) is 1. The van der Waals surface area contributed by atoms with Gasteiger partial charge in [-0.1, -0.05) is 12.2 Å². The van der Waals surface area contributed by atoms with Gasteiger partial charge >= 0.3 is 0 Å². The Kier molecular flexibility index (Phi) is 13.6. The van der Waals surface area contributed by atoms with Gasteiger partial charge in [-0.25, -0.2) is 0 Å². The second-order valence-corrected chi connectivity index (χ2v) is 4.83. The van der Waals surface area contributed by atoms with Gasteiger partial charge in [-0.15, -0.1) is 0 Å². The normalized spacial score (nSPS) is 10.6. The maximum absolute atomic E-state index is 11.6. The molecule has 0 saturated carbocycles. The number of nitrogens with zero attached hydrogens (tertiary/aromatic N) is 1. The third-order valence-corrected chi connectivity index (χ3v) is 2.72. The van der Waals surface area contributed by atoms with E-state index in [1.54, 1.807) is 19.1 Å². The van der Waals surface area contributed by atoms with Gasteiger partial charge in [-0.2, -0.15) is 0 Å². The molecule has 124 valence electrons. The molecule has 0 atom stereocenters. The summed E-state index contributed by atoms with van der Waals surface area (Å²) in [5.41, 5.74) is 5.38. The number of rotatable bonds is 14. The average Bonchev–Trinajstić information content (AvgIpc) is 2.46. The highest BCUT2D eigenvalue weighted by molar-refractivity contribution is 7.80. The standard InChI is InChI=1S/C13H26N2O5S/c1-15(4-3-12(14)21)13(16)11-20-10-9-19-8-7-18-6-5-17-2/h3-11H2,1-2H3,(H2,14,21). The molecule has 0 saturated heterocycles. The molecule has 7 nitrogen and oxygen atoms in total. The van der Waals surface area contributed by atoms with Crippen molar-refractivity contribution in [2.45, 2.75) is 6.42 Å². The fourth-order valence-corrected chi connectivity index (χ4v) is 1.35. The summed E-state index contributed by atoms with van der Waals surface area (Å²) in [5.74, 6) is -0.103. The molecule has 21 heavy (non-hydrogen) atoms. The Balaban J connectivity index is 3.33. The van der Waals surface area contributed by atoms with E-state index < -0.39 is 0 Å². The lowest BCUT2D eigenvalue weighted by Gasteiger charge is -2.16. The number of ether oxygens (including phenoxy) is 4. The number of carbonyl (C=O) groups excluding carboxylic acids is 1. The molecule has 0 fully saturated rings. The number of thiocarbonyl (C=S) groups is 1. The van der Waals surface area contributed by atoms with Gasteiger partial charge < -0.3 is 29.6 Å². The number of hydrogen-bond acceptors (Lipinski definition) is 6. The van der Waals surface area contributed by atoms with E-state index in [1.807, 2.05) is 0 Å². The first-order chi connectivity index (χ1) is 10.1. The smallest absolute Gasteiger partial charge is 0.248 e. The third-order valence-electron chi connectivity index (χ3n) is 2.52. The lowest BCUT2D eigenvalue weighted by molar-refractivity contribution is -0.135. The van der Waals surface area contributed by atoms with Crippen LogP contribution in [0.25, 0.3) is 0 Å². The van der Waals surface area contributed by atoms with Crippen molar-refractivity contribution < 1.29 is 23.7 Å². The first-order valence-electron chi connectivity index (χ1n) is 6.82. The van der Waals surface area contributed by atoms with Crippen molar-refractivity contribution in [3.8, 4) is 0 Å². The molecule has 0 spiro atoms. The second kappa shape index (κ2) is 14.2. The fourth-order valence-electron chi connectivity index (χ4n) is 1.25. The molecule has 0 bridgehead atoms. The average molecular weight is 322 g/mol. The summed E-state index contributed by atoms with van der Waals surface area (Å²) in [5, 5.41) is 0. The van der Waals surface area contributed by atoms with Crippen LogP contribution in [0.15, 0.2) is 0 Å². The van der Waals surface area contributed by atoms with Crippen LogP contribution >= 0.6 is 12.2 Å². The summed E-state index contributed by atoms with van der Waals surface area (Å²) in [7, 11) is 3.32. The van der Waals surface area contributed by atoms with Gasteiger partial charge in [0.1, 0.15) is 6.61 Å². The van der Waals surface area contributed by atoms with Gasteiger partial charge in [-0.05, 0) is 0 Å². The summed E-state index contributed by atoms with van der Waals surface area (Å²) in [6.07, 6.45) is 0.518. The summed E-state index contributed by atoms with van der Waals surface area (Å²) < 4.78 is 20.6. The van der Waals surface area contributed by atoms with Gasteiger partial charge in [0.05, 0.1) is 44.6 Å². The van der Waals surface area contributed by atoms with Crippen molar-refractivity contribution in [2.24, 2.45) is 5.73 Å². The number of methoxy groups -OCH3 is 1. The van der Waals surface area contributed by atoms with E-state index in [1.165, 1.54) is 0 Å². The minimum Gasteiger partial charge on any atom is -0.393 e. The highest BCUT2D eigenvalue weighted by Crippen LogP contribution is 1.91. The Morgan fingerprint density at radius 2 is 1.57 bits per heavy atom. The molecule has 0 radical (unpaired) electrons. The Hall–Kier alpha value is -0.800. The van der Waals surface area contributed by atoms with Crippen molar-refractivity contribution in [3.05, 3.63) is 0 Å². The van der Waals surface area contributed by atoms with E-state index in [2.05, 4.69) is 0 Å². The predicted molar refractivity (Wildman–Crippen MR) is 83.4 cm³/mol. The molecule has 0 aromatic rings. The van der Waals surface area contributed by atoms with Crippen molar-refractivity contribution in [3.63, 3.8) is 0 Å². The van der Waals surface area contributed by atoms with Crippen LogP contribution in [0.4, 0.5) is 0 Å². The van der Waals surface area contributed by atoms with Crippen LogP contribution in [-0.2, 0) is 23.7 Å². The highest BCUT2D eigenvalue weighted by atomic mass is 32.1. The van der Waals surface area contributed by atoms with E-state index in [0.29, 0.717) is 57.6 Å². The quantitative estimate of drug-likeness (QED) is 0.351. The number of amides is 1. The van der Waals surface area contributed by atoms with Gasteiger partial charge in [0.2, 0.25) is 5.91 Å². The highest BCUT2D eigenvalue weighted by Gasteiger charge is 2.08. The molecule has 0 aliphatic carbocycles. The molecule has 2 N–H and O–H groups in total. The summed E-state index contributed by atoms with van der Waals surface area (Å²) in [4.78, 5) is 13.6. The monoisotopic (exact) mass is 322 g/mol. The Labute approximate surface area is 131 Å². The van der Waals surface area contributed by atoms with Crippen LogP contribution in [0.1, 0.15) is 6.42 Å². The Morgan fingerprint density at radius 3 is 2.10 bits per heavy atom. The zero-order chi connectivity index (χ0) is 15.9. The Bertz CT molecular complexity index is 292. The number of hydrogen-bond donors (Lipinski definition) is 1. The minimum atomic E-state index is -0.103. The molecule has 8 heteroatoms. The maximum atomic E-state index is 11.6. The molecule has 0 aliphatic heterocycles. The summed E-state index contributed by atoms with van der Waals surface area (Å²) in [6.45, 7) is 3.48. The number of carbonyl (C=O) groups is 1. The fraction of sp³-hybridized carbons (Fsp3) is 0.846. The van der Waals surface area contributed by atoms with Gasteiger partial charge in [0.15, 0.2) is 0 Å². The number of nitrogens with two attached hydrogens (primary N) is 1. The van der Waals surface area contributed by atoms with E-state index in [-0.39, 0.29) is 12.5 Å². The first kappa shape index (κ1) is 20.2. The summed E-state index contributed by atoms with van der Waals surface area (Å²) >= 11 is 4.76. The van der Waals surface area contributed by atoms with Crippen LogP contribution < -0.4 is 5.73 Å². The topological polar surface area (TPSA) is 83.2 Å². The van der Waals surface area contributed by atoms with Crippen molar-refractivity contribution in [1.82, 2.24) is 4.90 Å². The van der Waals surface area contributed by atoms with Crippen LogP contribution in [0.5, 0.6) is 0 Å². The lowest BCUT2D eigenvalue weighted by atomic mass is 10.4. The van der Waals surface area contributed by atoms with E-state index in [4.69, 9.17) is 36.9 Å². The SMILES string of the molecule is COCCOCCOCCOCC(=O)N(C)CCC(N)=S.